The van der Waals surface area contributed by atoms with Crippen molar-refractivity contribution in [2.45, 2.75) is 38.1 Å². The first-order valence-corrected chi connectivity index (χ1v) is 9.26. The van der Waals surface area contributed by atoms with Crippen LogP contribution >= 0.6 is 0 Å². The Balaban J connectivity index is 1.41. The molecule has 2 heterocycles. The minimum Gasteiger partial charge on any atom is -0.349 e. The number of nitrogens with one attached hydrogen (secondary N) is 1. The van der Waals surface area contributed by atoms with Crippen LogP contribution in [0.1, 0.15) is 42.5 Å². The zero-order chi connectivity index (χ0) is 17.9. The van der Waals surface area contributed by atoms with Crippen LogP contribution in [-0.2, 0) is 4.79 Å². The van der Waals surface area contributed by atoms with Gasteiger partial charge in [-0.25, -0.2) is 9.67 Å². The van der Waals surface area contributed by atoms with Gasteiger partial charge < -0.3 is 10.2 Å². The summed E-state index contributed by atoms with van der Waals surface area (Å²) in [5, 5.41) is 7.22. The van der Waals surface area contributed by atoms with Crippen molar-refractivity contribution in [2.24, 2.45) is 5.92 Å². The van der Waals surface area contributed by atoms with Crippen molar-refractivity contribution in [3.8, 4) is 5.69 Å². The van der Waals surface area contributed by atoms with Gasteiger partial charge in [-0.15, -0.1) is 0 Å². The monoisotopic (exact) mass is 353 g/mol. The Morgan fingerprint density at radius 3 is 2.69 bits per heavy atom. The highest BCUT2D eigenvalue weighted by Gasteiger charge is 2.34. The van der Waals surface area contributed by atoms with Gasteiger partial charge in [-0.3, -0.25) is 9.59 Å². The summed E-state index contributed by atoms with van der Waals surface area (Å²) in [7, 11) is 0. The van der Waals surface area contributed by atoms with Gasteiger partial charge in [-0.1, -0.05) is 12.1 Å². The Bertz CT molecular complexity index is 783. The van der Waals surface area contributed by atoms with Crippen molar-refractivity contribution in [1.82, 2.24) is 25.0 Å². The molecular weight excluding hydrogens is 330 g/mol. The van der Waals surface area contributed by atoms with Gasteiger partial charge in [0.15, 0.2) is 0 Å². The van der Waals surface area contributed by atoms with Crippen LogP contribution in [0.25, 0.3) is 5.69 Å². The number of carbonyl (C=O) groups is 2. The van der Waals surface area contributed by atoms with E-state index in [2.05, 4.69) is 15.4 Å². The summed E-state index contributed by atoms with van der Waals surface area (Å²) in [5.74, 6) is 0.182. The van der Waals surface area contributed by atoms with Crippen LogP contribution in [0.3, 0.4) is 0 Å². The van der Waals surface area contributed by atoms with Crippen LogP contribution in [0.2, 0.25) is 0 Å². The molecule has 0 radical (unpaired) electrons. The summed E-state index contributed by atoms with van der Waals surface area (Å²) in [4.78, 5) is 31.3. The van der Waals surface area contributed by atoms with E-state index < -0.39 is 0 Å². The predicted octanol–water partition coefficient (Wildman–Crippen LogP) is 1.79. The van der Waals surface area contributed by atoms with Crippen LogP contribution in [-0.4, -0.2) is 50.6 Å². The standard InChI is InChI=1S/C19H23N5O2/c25-18(16-5-1-2-6-17(16)24-13-20-12-21-24)22-15-8-7-14(11-15)19(26)23-9-3-4-10-23/h1-2,5-6,12-15H,3-4,7-11H2,(H,22,25)/t14-,15+/m1/s1. The number of rotatable bonds is 4. The molecular formula is C19H23N5O2. The van der Waals surface area contributed by atoms with Crippen molar-refractivity contribution in [3.63, 3.8) is 0 Å². The first kappa shape index (κ1) is 16.8. The number of likely N-dealkylation sites (tertiary alicyclic amines) is 1. The van der Waals surface area contributed by atoms with E-state index >= 15 is 0 Å². The predicted molar refractivity (Wildman–Crippen MR) is 95.8 cm³/mol. The smallest absolute Gasteiger partial charge is 0.253 e. The maximum absolute atomic E-state index is 12.8. The number of amides is 2. The van der Waals surface area contributed by atoms with Crippen LogP contribution in [0.5, 0.6) is 0 Å². The molecule has 1 aromatic heterocycles. The Labute approximate surface area is 152 Å². The van der Waals surface area contributed by atoms with Gasteiger partial charge in [0.1, 0.15) is 12.7 Å². The Kier molecular flexibility index (Phi) is 4.69. The van der Waals surface area contributed by atoms with E-state index in [1.807, 2.05) is 23.1 Å². The number of hydrogen-bond acceptors (Lipinski definition) is 4. The molecule has 2 atom stereocenters. The SMILES string of the molecule is O=C(N[C@H]1CC[C@@H](C(=O)N2CCCC2)C1)c1ccccc1-n1cncn1. The molecule has 1 aliphatic heterocycles. The average Bonchev–Trinajstić information content (AvgIpc) is 3.43. The van der Waals surface area contributed by atoms with Gasteiger partial charge in [-0.2, -0.15) is 5.10 Å². The fourth-order valence-electron chi connectivity index (χ4n) is 3.99. The number of hydrogen-bond donors (Lipinski definition) is 1. The minimum atomic E-state index is -0.129. The number of aromatic nitrogens is 3. The normalized spacial score (nSPS) is 22.5. The molecule has 0 spiro atoms. The molecule has 1 saturated carbocycles. The average molecular weight is 353 g/mol. The number of para-hydroxylation sites is 1. The molecule has 1 N–H and O–H groups in total. The molecule has 0 unspecified atom stereocenters. The zero-order valence-electron chi connectivity index (χ0n) is 14.7. The zero-order valence-corrected chi connectivity index (χ0v) is 14.7. The van der Waals surface area contributed by atoms with Gasteiger partial charge in [0.05, 0.1) is 11.3 Å². The Hall–Kier alpha value is -2.70. The highest BCUT2D eigenvalue weighted by molar-refractivity contribution is 5.98. The Morgan fingerprint density at radius 2 is 1.92 bits per heavy atom. The molecule has 26 heavy (non-hydrogen) atoms. The number of carbonyl (C=O) groups excluding carboxylic acids is 2. The van der Waals surface area contributed by atoms with Gasteiger partial charge >= 0.3 is 0 Å². The van der Waals surface area contributed by atoms with E-state index in [9.17, 15) is 9.59 Å². The van der Waals surface area contributed by atoms with E-state index in [1.54, 1.807) is 17.1 Å². The highest BCUT2D eigenvalue weighted by atomic mass is 16.2. The molecule has 1 aliphatic carbocycles. The molecule has 4 rings (SSSR count). The first-order valence-electron chi connectivity index (χ1n) is 9.26. The minimum absolute atomic E-state index is 0.0443. The first-order chi connectivity index (χ1) is 12.7. The molecule has 7 nitrogen and oxygen atoms in total. The second-order valence-corrected chi connectivity index (χ2v) is 7.07. The molecule has 2 aromatic rings. The second kappa shape index (κ2) is 7.27. The quantitative estimate of drug-likeness (QED) is 0.909. The number of benzene rings is 1. The molecule has 2 fully saturated rings. The van der Waals surface area contributed by atoms with Crippen LogP contribution in [0, 0.1) is 5.92 Å². The maximum atomic E-state index is 12.8. The fraction of sp³-hybridized carbons (Fsp3) is 0.474. The van der Waals surface area contributed by atoms with E-state index in [0.29, 0.717) is 11.3 Å². The summed E-state index contributed by atoms with van der Waals surface area (Å²) in [5.41, 5.74) is 1.26. The summed E-state index contributed by atoms with van der Waals surface area (Å²) in [6, 6.07) is 7.38. The largest absolute Gasteiger partial charge is 0.349 e. The molecule has 1 aromatic carbocycles. The van der Waals surface area contributed by atoms with Crippen molar-refractivity contribution in [3.05, 3.63) is 42.5 Å². The van der Waals surface area contributed by atoms with Gasteiger partial charge in [0.2, 0.25) is 5.91 Å². The third-order valence-corrected chi connectivity index (χ3v) is 5.35. The summed E-state index contributed by atoms with van der Waals surface area (Å²) < 4.78 is 1.59. The molecule has 2 amide bonds. The lowest BCUT2D eigenvalue weighted by atomic mass is 10.1. The summed E-state index contributed by atoms with van der Waals surface area (Å²) in [6.07, 6.45) is 7.67. The number of nitrogens with zero attached hydrogens (tertiary/aromatic N) is 4. The topological polar surface area (TPSA) is 80.1 Å². The third-order valence-electron chi connectivity index (χ3n) is 5.35. The van der Waals surface area contributed by atoms with Crippen molar-refractivity contribution in [1.29, 1.82) is 0 Å². The Morgan fingerprint density at radius 1 is 1.12 bits per heavy atom. The lowest BCUT2D eigenvalue weighted by Crippen LogP contribution is -2.36. The molecule has 7 heteroatoms. The van der Waals surface area contributed by atoms with Crippen LogP contribution in [0.15, 0.2) is 36.9 Å². The summed E-state index contributed by atoms with van der Waals surface area (Å²) >= 11 is 0. The maximum Gasteiger partial charge on any atom is 0.253 e. The second-order valence-electron chi connectivity index (χ2n) is 7.07. The summed E-state index contributed by atoms with van der Waals surface area (Å²) in [6.45, 7) is 1.77. The van der Waals surface area contributed by atoms with Crippen molar-refractivity contribution < 1.29 is 9.59 Å². The molecule has 0 bridgehead atoms. The van der Waals surface area contributed by atoms with Crippen molar-refractivity contribution in [2.75, 3.05) is 13.1 Å². The molecule has 1 saturated heterocycles. The van der Waals surface area contributed by atoms with E-state index in [0.717, 1.165) is 45.2 Å². The van der Waals surface area contributed by atoms with E-state index in [4.69, 9.17) is 0 Å². The lowest BCUT2D eigenvalue weighted by Gasteiger charge is -2.20. The lowest BCUT2D eigenvalue weighted by molar-refractivity contribution is -0.134. The fourth-order valence-corrected chi connectivity index (χ4v) is 3.99. The van der Waals surface area contributed by atoms with E-state index in [1.165, 1.54) is 6.33 Å². The van der Waals surface area contributed by atoms with Gasteiger partial charge in [-0.05, 0) is 44.2 Å². The third kappa shape index (κ3) is 3.34. The molecule has 136 valence electrons. The van der Waals surface area contributed by atoms with Crippen molar-refractivity contribution >= 4 is 11.8 Å². The highest BCUT2D eigenvalue weighted by Crippen LogP contribution is 2.29. The van der Waals surface area contributed by atoms with Gasteiger partial charge in [0.25, 0.3) is 5.91 Å². The molecule has 2 aliphatic rings. The van der Waals surface area contributed by atoms with Gasteiger partial charge in [0, 0.05) is 25.0 Å². The van der Waals surface area contributed by atoms with E-state index in [-0.39, 0.29) is 23.8 Å². The van der Waals surface area contributed by atoms with Crippen LogP contribution < -0.4 is 5.32 Å². The van der Waals surface area contributed by atoms with Crippen LogP contribution in [0.4, 0.5) is 0 Å².